The second-order valence-electron chi connectivity index (χ2n) is 5.52. The molecule has 0 aliphatic heterocycles. The van der Waals surface area contributed by atoms with E-state index in [4.69, 9.17) is 4.74 Å². The molecule has 0 radical (unpaired) electrons. The number of aromatic nitrogens is 1. The van der Waals surface area contributed by atoms with Gasteiger partial charge < -0.3 is 10.1 Å². The van der Waals surface area contributed by atoms with Crippen molar-refractivity contribution in [3.05, 3.63) is 58.2 Å². The van der Waals surface area contributed by atoms with Gasteiger partial charge in [-0.15, -0.1) is 0 Å². The van der Waals surface area contributed by atoms with Crippen LogP contribution in [0.15, 0.2) is 47.1 Å². The Morgan fingerprint density at radius 2 is 1.95 bits per heavy atom. The zero-order valence-electron chi connectivity index (χ0n) is 12.9. The molecule has 0 spiro atoms. The second kappa shape index (κ2) is 6.92. The molecule has 1 aromatic carbocycles. The molecule has 0 unspecified atom stereocenters. The van der Waals surface area contributed by atoms with E-state index < -0.39 is 5.41 Å². The minimum atomic E-state index is -0.599. The van der Waals surface area contributed by atoms with Gasteiger partial charge in [0.2, 0.25) is 11.8 Å². The number of carbonyl (C=O) groups is 1. The fourth-order valence-corrected chi connectivity index (χ4v) is 2.34. The van der Waals surface area contributed by atoms with Gasteiger partial charge >= 0.3 is 0 Å². The molecule has 1 N–H and O–H groups in total. The highest BCUT2D eigenvalue weighted by Gasteiger charge is 2.29. The summed E-state index contributed by atoms with van der Waals surface area (Å²) in [4.78, 5) is 16.6. The molecular formula is C17H19BrN2O2. The van der Waals surface area contributed by atoms with Gasteiger partial charge in [-0.3, -0.25) is 4.79 Å². The van der Waals surface area contributed by atoms with Gasteiger partial charge in [0.1, 0.15) is 0 Å². The predicted octanol–water partition coefficient (Wildman–Crippen LogP) is 3.45. The lowest BCUT2D eigenvalue weighted by molar-refractivity contribution is -0.125. The van der Waals surface area contributed by atoms with Gasteiger partial charge in [-0.05, 0) is 43.2 Å². The number of ether oxygens (including phenoxy) is 1. The van der Waals surface area contributed by atoms with E-state index in [1.165, 1.54) is 0 Å². The minimum absolute atomic E-state index is 0.0226. The summed E-state index contributed by atoms with van der Waals surface area (Å²) in [5, 5.41) is 2.97. The Morgan fingerprint density at radius 1 is 1.27 bits per heavy atom. The maximum atomic E-state index is 12.5. The number of amides is 1. The molecule has 0 fully saturated rings. The number of rotatable bonds is 5. The first-order valence-corrected chi connectivity index (χ1v) is 7.76. The van der Waals surface area contributed by atoms with Gasteiger partial charge in [0.15, 0.2) is 0 Å². The fourth-order valence-electron chi connectivity index (χ4n) is 2.07. The van der Waals surface area contributed by atoms with E-state index in [0.717, 1.165) is 15.6 Å². The zero-order chi connectivity index (χ0) is 16.2. The Hall–Kier alpha value is -1.88. The molecule has 0 saturated carbocycles. The summed E-state index contributed by atoms with van der Waals surface area (Å²) in [6.45, 7) is 4.27. The number of hydrogen-bond acceptors (Lipinski definition) is 3. The standard InChI is InChI=1S/C17H19BrN2O2/c1-17(2,13-4-6-14(18)7-5-13)16(21)20-11-12-8-9-19-15(10-12)22-3/h4-10H,11H2,1-3H3,(H,20,21). The Balaban J connectivity index is 2.05. The number of halogens is 1. The number of nitrogens with zero attached hydrogens (tertiary/aromatic N) is 1. The van der Waals surface area contributed by atoms with Crippen LogP contribution in [0.3, 0.4) is 0 Å². The Kier molecular flexibility index (Phi) is 5.19. The van der Waals surface area contributed by atoms with E-state index in [0.29, 0.717) is 12.4 Å². The summed E-state index contributed by atoms with van der Waals surface area (Å²) in [5.41, 5.74) is 1.32. The van der Waals surface area contributed by atoms with E-state index in [-0.39, 0.29) is 5.91 Å². The molecule has 22 heavy (non-hydrogen) atoms. The average Bonchev–Trinajstić information content (AvgIpc) is 2.53. The van der Waals surface area contributed by atoms with Crippen LogP contribution >= 0.6 is 15.9 Å². The van der Waals surface area contributed by atoms with Crippen LogP contribution in [0.5, 0.6) is 5.88 Å². The summed E-state index contributed by atoms with van der Waals surface area (Å²) in [6, 6.07) is 11.5. The molecule has 0 aliphatic rings. The van der Waals surface area contributed by atoms with Crippen molar-refractivity contribution in [2.24, 2.45) is 0 Å². The molecule has 5 heteroatoms. The van der Waals surface area contributed by atoms with E-state index in [1.807, 2.05) is 50.2 Å². The number of carbonyl (C=O) groups excluding carboxylic acids is 1. The summed E-state index contributed by atoms with van der Waals surface area (Å²) in [5.74, 6) is 0.518. The van der Waals surface area contributed by atoms with Gasteiger partial charge in [0, 0.05) is 23.3 Å². The quantitative estimate of drug-likeness (QED) is 0.885. The fraction of sp³-hybridized carbons (Fsp3) is 0.294. The van der Waals surface area contributed by atoms with Crippen molar-refractivity contribution in [3.8, 4) is 5.88 Å². The van der Waals surface area contributed by atoms with Crippen LogP contribution in [-0.2, 0) is 16.8 Å². The van der Waals surface area contributed by atoms with Crippen LogP contribution in [-0.4, -0.2) is 18.0 Å². The molecule has 1 heterocycles. The SMILES string of the molecule is COc1cc(CNC(=O)C(C)(C)c2ccc(Br)cc2)ccn1. The third-order valence-corrected chi connectivity index (χ3v) is 4.12. The number of pyridine rings is 1. The summed E-state index contributed by atoms with van der Waals surface area (Å²) < 4.78 is 6.08. The second-order valence-corrected chi connectivity index (χ2v) is 6.44. The van der Waals surface area contributed by atoms with Crippen LogP contribution in [0.1, 0.15) is 25.0 Å². The first kappa shape index (κ1) is 16.5. The van der Waals surface area contributed by atoms with Crippen molar-refractivity contribution in [1.82, 2.24) is 10.3 Å². The lowest BCUT2D eigenvalue weighted by atomic mass is 9.84. The van der Waals surface area contributed by atoms with Crippen LogP contribution in [0.2, 0.25) is 0 Å². The summed E-state index contributed by atoms with van der Waals surface area (Å²) in [6.07, 6.45) is 1.67. The maximum absolute atomic E-state index is 12.5. The smallest absolute Gasteiger partial charge is 0.230 e. The van der Waals surface area contributed by atoms with Gasteiger partial charge in [-0.1, -0.05) is 28.1 Å². The third kappa shape index (κ3) is 3.85. The lowest BCUT2D eigenvalue weighted by Crippen LogP contribution is -2.39. The first-order valence-electron chi connectivity index (χ1n) is 6.97. The highest BCUT2D eigenvalue weighted by Crippen LogP contribution is 2.25. The molecule has 0 saturated heterocycles. The van der Waals surface area contributed by atoms with Gasteiger partial charge in [0.25, 0.3) is 0 Å². The van der Waals surface area contributed by atoms with Gasteiger partial charge in [-0.2, -0.15) is 0 Å². The van der Waals surface area contributed by atoms with Crippen LogP contribution in [0, 0.1) is 0 Å². The molecule has 0 bridgehead atoms. The molecule has 4 nitrogen and oxygen atoms in total. The zero-order valence-corrected chi connectivity index (χ0v) is 14.5. The molecule has 0 aliphatic carbocycles. The van der Waals surface area contributed by atoms with Crippen molar-refractivity contribution in [2.75, 3.05) is 7.11 Å². The highest BCUT2D eigenvalue weighted by molar-refractivity contribution is 9.10. The molecular weight excluding hydrogens is 344 g/mol. The van der Waals surface area contributed by atoms with Crippen molar-refractivity contribution in [2.45, 2.75) is 25.8 Å². The lowest BCUT2D eigenvalue weighted by Gasteiger charge is -2.24. The molecule has 116 valence electrons. The van der Waals surface area contributed by atoms with Gasteiger partial charge in [0.05, 0.1) is 12.5 Å². The van der Waals surface area contributed by atoms with E-state index >= 15 is 0 Å². The van der Waals surface area contributed by atoms with Crippen molar-refractivity contribution < 1.29 is 9.53 Å². The Bertz CT molecular complexity index is 654. The average molecular weight is 363 g/mol. The predicted molar refractivity (Wildman–Crippen MR) is 89.8 cm³/mol. The Labute approximate surface area is 139 Å². The number of methoxy groups -OCH3 is 1. The minimum Gasteiger partial charge on any atom is -0.481 e. The van der Waals surface area contributed by atoms with Crippen LogP contribution in [0.25, 0.3) is 0 Å². The van der Waals surface area contributed by atoms with Crippen LogP contribution < -0.4 is 10.1 Å². The number of nitrogens with one attached hydrogen (secondary N) is 1. The monoisotopic (exact) mass is 362 g/mol. The van der Waals surface area contributed by atoms with Crippen molar-refractivity contribution in [1.29, 1.82) is 0 Å². The summed E-state index contributed by atoms with van der Waals surface area (Å²) in [7, 11) is 1.57. The first-order chi connectivity index (χ1) is 10.4. The summed E-state index contributed by atoms with van der Waals surface area (Å²) >= 11 is 3.41. The molecule has 1 aromatic heterocycles. The number of hydrogen-bond donors (Lipinski definition) is 1. The normalized spacial score (nSPS) is 11.1. The molecule has 2 aromatic rings. The maximum Gasteiger partial charge on any atom is 0.230 e. The van der Waals surface area contributed by atoms with Gasteiger partial charge in [-0.25, -0.2) is 4.98 Å². The molecule has 2 rings (SSSR count). The largest absolute Gasteiger partial charge is 0.481 e. The van der Waals surface area contributed by atoms with Crippen molar-refractivity contribution >= 4 is 21.8 Å². The topological polar surface area (TPSA) is 51.2 Å². The molecule has 1 amide bonds. The van der Waals surface area contributed by atoms with Crippen LogP contribution in [0.4, 0.5) is 0 Å². The van der Waals surface area contributed by atoms with Crippen molar-refractivity contribution in [3.63, 3.8) is 0 Å². The highest BCUT2D eigenvalue weighted by atomic mass is 79.9. The third-order valence-electron chi connectivity index (χ3n) is 3.60. The van der Waals surface area contributed by atoms with E-state index in [2.05, 4.69) is 26.2 Å². The van der Waals surface area contributed by atoms with E-state index in [9.17, 15) is 4.79 Å². The van der Waals surface area contributed by atoms with E-state index in [1.54, 1.807) is 13.3 Å². The number of benzene rings is 1. The Morgan fingerprint density at radius 3 is 2.59 bits per heavy atom. The molecule has 0 atom stereocenters.